The minimum atomic E-state index is -0.0306. The van der Waals surface area contributed by atoms with Crippen molar-refractivity contribution in [2.75, 3.05) is 0 Å². The minimum absolute atomic E-state index is 0.0306. The van der Waals surface area contributed by atoms with E-state index in [-0.39, 0.29) is 6.10 Å². The maximum Gasteiger partial charge on any atom is 0.107 e. The summed E-state index contributed by atoms with van der Waals surface area (Å²) >= 11 is 0. The summed E-state index contributed by atoms with van der Waals surface area (Å²) < 4.78 is 0. The predicted octanol–water partition coefficient (Wildman–Crippen LogP) is 7.15. The van der Waals surface area contributed by atoms with Gasteiger partial charge < -0.3 is 10.1 Å². The molecular formula is C30H44N2O. The molecule has 1 aromatic heterocycles. The van der Waals surface area contributed by atoms with Crippen molar-refractivity contribution in [1.82, 2.24) is 9.97 Å². The third-order valence-electron chi connectivity index (χ3n) is 11.7. The Morgan fingerprint density at radius 1 is 1.00 bits per heavy atom. The van der Waals surface area contributed by atoms with Crippen molar-refractivity contribution in [3.8, 4) is 0 Å². The summed E-state index contributed by atoms with van der Waals surface area (Å²) in [4.78, 5) is 8.39. The zero-order chi connectivity index (χ0) is 22.8. The van der Waals surface area contributed by atoms with Crippen LogP contribution in [0.5, 0.6) is 0 Å². The molecular weight excluding hydrogens is 404 g/mol. The van der Waals surface area contributed by atoms with Crippen LogP contribution < -0.4 is 0 Å². The van der Waals surface area contributed by atoms with Gasteiger partial charge in [0.25, 0.3) is 0 Å². The fourth-order valence-corrected chi connectivity index (χ4v) is 9.90. The molecule has 4 aliphatic rings. The normalized spacial score (nSPS) is 43.6. The van der Waals surface area contributed by atoms with Gasteiger partial charge in [0.1, 0.15) is 5.82 Å². The van der Waals surface area contributed by atoms with E-state index >= 15 is 0 Å². The molecule has 0 spiro atoms. The van der Waals surface area contributed by atoms with Crippen molar-refractivity contribution in [2.24, 2.45) is 46.3 Å². The highest BCUT2D eigenvalue weighted by atomic mass is 16.3. The summed E-state index contributed by atoms with van der Waals surface area (Å²) in [6, 6.07) is 8.42. The van der Waals surface area contributed by atoms with Gasteiger partial charge in [-0.05, 0) is 123 Å². The highest BCUT2D eigenvalue weighted by Crippen LogP contribution is 2.68. The molecule has 33 heavy (non-hydrogen) atoms. The molecule has 2 aromatic rings. The Morgan fingerprint density at radius 3 is 2.64 bits per heavy atom. The number of aromatic nitrogens is 2. The zero-order valence-corrected chi connectivity index (χ0v) is 21.0. The van der Waals surface area contributed by atoms with Gasteiger partial charge >= 0.3 is 0 Å². The van der Waals surface area contributed by atoms with Gasteiger partial charge in [-0.25, -0.2) is 4.98 Å². The van der Waals surface area contributed by atoms with Crippen LogP contribution in [-0.2, 0) is 6.42 Å². The lowest BCUT2D eigenvalue weighted by molar-refractivity contribution is -0.129. The molecule has 4 aliphatic carbocycles. The van der Waals surface area contributed by atoms with Gasteiger partial charge in [0.2, 0.25) is 0 Å². The van der Waals surface area contributed by atoms with Crippen molar-refractivity contribution in [1.29, 1.82) is 0 Å². The molecule has 4 saturated carbocycles. The second kappa shape index (κ2) is 8.11. The topological polar surface area (TPSA) is 48.9 Å². The maximum atomic E-state index is 10.3. The van der Waals surface area contributed by atoms with Crippen LogP contribution >= 0.6 is 0 Å². The molecule has 0 aliphatic heterocycles. The van der Waals surface area contributed by atoms with E-state index < -0.39 is 0 Å². The average molecular weight is 449 g/mol. The number of aromatic amines is 1. The summed E-state index contributed by atoms with van der Waals surface area (Å²) in [5.41, 5.74) is 3.30. The first-order valence-corrected chi connectivity index (χ1v) is 14.0. The number of aliphatic hydroxyl groups is 1. The highest BCUT2D eigenvalue weighted by molar-refractivity contribution is 5.74. The molecule has 0 bridgehead atoms. The molecule has 3 nitrogen and oxygen atoms in total. The molecule has 0 amide bonds. The second-order valence-corrected chi connectivity index (χ2v) is 13.0. The summed E-state index contributed by atoms with van der Waals surface area (Å²) in [7, 11) is 0. The first-order chi connectivity index (χ1) is 15.9. The molecule has 6 rings (SSSR count). The number of benzene rings is 1. The molecule has 9 atom stereocenters. The zero-order valence-electron chi connectivity index (χ0n) is 21.0. The number of hydrogen-bond acceptors (Lipinski definition) is 2. The van der Waals surface area contributed by atoms with E-state index in [1.807, 2.05) is 0 Å². The molecule has 3 heteroatoms. The fraction of sp³-hybridized carbons (Fsp3) is 0.767. The molecule has 0 saturated heterocycles. The van der Waals surface area contributed by atoms with Crippen LogP contribution in [0.1, 0.15) is 90.8 Å². The minimum Gasteiger partial charge on any atom is -0.393 e. The largest absolute Gasteiger partial charge is 0.393 e. The van der Waals surface area contributed by atoms with Gasteiger partial charge in [0.15, 0.2) is 0 Å². The number of aliphatic hydroxyl groups excluding tert-OH is 1. The van der Waals surface area contributed by atoms with Gasteiger partial charge in [-0.15, -0.1) is 0 Å². The highest BCUT2D eigenvalue weighted by Gasteiger charge is 2.60. The monoisotopic (exact) mass is 448 g/mol. The van der Waals surface area contributed by atoms with Gasteiger partial charge in [0.05, 0.1) is 17.1 Å². The Hall–Kier alpha value is -1.35. The van der Waals surface area contributed by atoms with Crippen LogP contribution in [-0.4, -0.2) is 21.2 Å². The molecule has 1 heterocycles. The second-order valence-electron chi connectivity index (χ2n) is 13.0. The number of nitrogens with one attached hydrogen (secondary N) is 1. The number of fused-ring (bicyclic) bond motifs is 6. The molecule has 180 valence electrons. The molecule has 1 aromatic carbocycles. The van der Waals surface area contributed by atoms with Crippen molar-refractivity contribution < 1.29 is 5.11 Å². The van der Waals surface area contributed by atoms with Crippen LogP contribution in [0.15, 0.2) is 24.3 Å². The average Bonchev–Trinajstić information content (AvgIpc) is 3.38. The lowest BCUT2D eigenvalue weighted by Crippen LogP contribution is -2.54. The summed E-state index contributed by atoms with van der Waals surface area (Å²) in [5, 5.41) is 10.3. The summed E-state index contributed by atoms with van der Waals surface area (Å²) in [6.07, 6.45) is 14.2. The number of H-pyrrole nitrogens is 1. The Morgan fingerprint density at radius 2 is 1.79 bits per heavy atom. The molecule has 4 fully saturated rings. The van der Waals surface area contributed by atoms with E-state index in [0.717, 1.165) is 66.1 Å². The lowest BCUT2D eigenvalue weighted by Gasteiger charge is -2.61. The van der Waals surface area contributed by atoms with Gasteiger partial charge in [-0.1, -0.05) is 32.9 Å². The van der Waals surface area contributed by atoms with E-state index in [1.54, 1.807) is 0 Å². The maximum absolute atomic E-state index is 10.3. The molecule has 0 radical (unpaired) electrons. The molecule has 1 unspecified atom stereocenters. The van der Waals surface area contributed by atoms with Crippen LogP contribution in [0.4, 0.5) is 0 Å². The SMILES string of the molecule is C[C@H](CCc1nc2ccccc2[nH]1)[C@H]1CC[C@H]2[C@@H]3CCC4C[C@H](O)CC[C@]4(C)[C@H]3CC[C@]12C. The third kappa shape index (κ3) is 3.51. The number of nitrogens with zero attached hydrogens (tertiary/aromatic N) is 1. The third-order valence-corrected chi connectivity index (χ3v) is 11.7. The van der Waals surface area contributed by atoms with Crippen molar-refractivity contribution >= 4 is 11.0 Å². The Bertz CT molecular complexity index is 965. The van der Waals surface area contributed by atoms with Crippen molar-refractivity contribution in [2.45, 2.75) is 97.5 Å². The lowest BCUT2D eigenvalue weighted by atomic mass is 9.44. The van der Waals surface area contributed by atoms with E-state index in [4.69, 9.17) is 4.98 Å². The predicted molar refractivity (Wildman–Crippen MR) is 135 cm³/mol. The first-order valence-electron chi connectivity index (χ1n) is 14.0. The standard InChI is InChI=1S/C30H44N2O/c1-19(8-13-28-31-26-6-4-5-7-27(26)32-28)23-11-12-24-22-10-9-20-18-21(33)14-16-29(20,2)25(22)15-17-30(23,24)3/h4-7,19-25,33H,8-18H2,1-3H3,(H,31,32)/t19-,20?,21-,22+,23-,24+,25+,29+,30-/m1/s1. The van der Waals surface area contributed by atoms with Gasteiger partial charge in [0, 0.05) is 6.42 Å². The summed E-state index contributed by atoms with van der Waals surface area (Å²) in [6.45, 7) is 7.83. The Labute approximate surface area is 200 Å². The van der Waals surface area contributed by atoms with Crippen LogP contribution in [0.3, 0.4) is 0 Å². The number of aryl methyl sites for hydroxylation is 1. The van der Waals surface area contributed by atoms with Gasteiger partial charge in [-0.2, -0.15) is 0 Å². The fourth-order valence-electron chi connectivity index (χ4n) is 9.90. The summed E-state index contributed by atoms with van der Waals surface area (Å²) in [5.74, 6) is 6.34. The van der Waals surface area contributed by atoms with E-state index in [1.165, 1.54) is 56.9 Å². The van der Waals surface area contributed by atoms with Crippen molar-refractivity contribution in [3.05, 3.63) is 30.1 Å². The van der Waals surface area contributed by atoms with Crippen LogP contribution in [0.25, 0.3) is 11.0 Å². The smallest absolute Gasteiger partial charge is 0.107 e. The van der Waals surface area contributed by atoms with E-state index in [0.29, 0.717) is 10.8 Å². The van der Waals surface area contributed by atoms with Crippen molar-refractivity contribution in [3.63, 3.8) is 0 Å². The Kier molecular flexibility index (Phi) is 5.44. The van der Waals surface area contributed by atoms with E-state index in [2.05, 4.69) is 50.0 Å². The van der Waals surface area contributed by atoms with Crippen LogP contribution in [0, 0.1) is 46.3 Å². The van der Waals surface area contributed by atoms with Gasteiger partial charge in [-0.3, -0.25) is 0 Å². The Balaban J connectivity index is 1.15. The quantitative estimate of drug-likeness (QED) is 0.522. The first kappa shape index (κ1) is 22.1. The number of para-hydroxylation sites is 2. The number of imidazole rings is 1. The molecule has 2 N–H and O–H groups in total. The number of rotatable bonds is 4. The van der Waals surface area contributed by atoms with E-state index in [9.17, 15) is 5.11 Å². The number of hydrogen-bond donors (Lipinski definition) is 2. The van der Waals surface area contributed by atoms with Crippen LogP contribution in [0.2, 0.25) is 0 Å².